The van der Waals surface area contributed by atoms with Gasteiger partial charge >= 0.3 is 0 Å². The lowest BCUT2D eigenvalue weighted by Gasteiger charge is -2.21. The molecule has 0 saturated carbocycles. The van der Waals surface area contributed by atoms with Gasteiger partial charge in [-0.1, -0.05) is 0 Å². The summed E-state index contributed by atoms with van der Waals surface area (Å²) < 4.78 is 12.7. The molecular formula is C19H30IN7O2. The first kappa shape index (κ1) is 23.0. The molecule has 1 fully saturated rings. The molecule has 0 aliphatic carbocycles. The lowest BCUT2D eigenvalue weighted by molar-refractivity contribution is 0.394. The minimum atomic E-state index is 0. The molecule has 1 atom stereocenters. The van der Waals surface area contributed by atoms with Crippen molar-refractivity contribution in [1.29, 1.82) is 0 Å². The lowest BCUT2D eigenvalue weighted by atomic mass is 10.2. The van der Waals surface area contributed by atoms with Crippen molar-refractivity contribution in [3.8, 4) is 11.5 Å². The minimum absolute atomic E-state index is 0. The summed E-state index contributed by atoms with van der Waals surface area (Å²) in [6.45, 7) is 5.17. The van der Waals surface area contributed by atoms with Crippen LogP contribution in [0, 0.1) is 0 Å². The van der Waals surface area contributed by atoms with Gasteiger partial charge in [0.2, 0.25) is 0 Å². The van der Waals surface area contributed by atoms with E-state index in [-0.39, 0.29) is 24.0 Å². The predicted molar refractivity (Wildman–Crippen MR) is 125 cm³/mol. The van der Waals surface area contributed by atoms with Crippen LogP contribution in [0.15, 0.2) is 29.5 Å². The summed E-state index contributed by atoms with van der Waals surface area (Å²) >= 11 is 0. The van der Waals surface area contributed by atoms with Crippen molar-refractivity contribution in [3.05, 3.63) is 30.4 Å². The van der Waals surface area contributed by atoms with E-state index >= 15 is 0 Å². The number of aliphatic imine (C=N–C) groups is 1. The highest BCUT2D eigenvalue weighted by Gasteiger charge is 2.24. The first-order valence-corrected chi connectivity index (χ1v) is 9.48. The number of aromatic nitrogens is 3. The molecule has 1 unspecified atom stereocenters. The van der Waals surface area contributed by atoms with E-state index in [4.69, 9.17) is 9.47 Å². The third-order valence-corrected chi connectivity index (χ3v) is 4.76. The summed E-state index contributed by atoms with van der Waals surface area (Å²) in [7, 11) is 5.26. The monoisotopic (exact) mass is 515 g/mol. The average Bonchev–Trinajstić information content (AvgIpc) is 3.34. The molecule has 160 valence electrons. The number of hydrogen-bond acceptors (Lipinski definition) is 6. The average molecular weight is 515 g/mol. The van der Waals surface area contributed by atoms with Crippen LogP contribution in [0.5, 0.6) is 11.5 Å². The number of anilines is 1. The zero-order chi connectivity index (χ0) is 19.9. The Labute approximate surface area is 188 Å². The second-order valence-corrected chi connectivity index (χ2v) is 6.70. The molecule has 3 rings (SSSR count). The van der Waals surface area contributed by atoms with Gasteiger partial charge in [0.1, 0.15) is 24.4 Å². The molecule has 0 amide bonds. The Kier molecular flexibility index (Phi) is 8.80. The van der Waals surface area contributed by atoms with Gasteiger partial charge in [0.15, 0.2) is 11.8 Å². The number of benzene rings is 1. The number of guanidine groups is 1. The van der Waals surface area contributed by atoms with Crippen molar-refractivity contribution < 1.29 is 9.47 Å². The molecule has 2 N–H and O–H groups in total. The van der Waals surface area contributed by atoms with Gasteiger partial charge < -0.3 is 29.6 Å². The summed E-state index contributed by atoms with van der Waals surface area (Å²) in [5.41, 5.74) is 1.10. The van der Waals surface area contributed by atoms with E-state index < -0.39 is 0 Å². The topological polar surface area (TPSA) is 88.8 Å². The summed E-state index contributed by atoms with van der Waals surface area (Å²) in [6.07, 6.45) is 2.70. The van der Waals surface area contributed by atoms with Gasteiger partial charge in [0, 0.05) is 56.6 Å². The van der Waals surface area contributed by atoms with E-state index in [0.717, 1.165) is 55.0 Å². The molecular weight excluding hydrogens is 485 g/mol. The van der Waals surface area contributed by atoms with E-state index in [9.17, 15) is 0 Å². The molecule has 0 spiro atoms. The largest absolute Gasteiger partial charge is 0.497 e. The molecule has 1 aromatic carbocycles. The minimum Gasteiger partial charge on any atom is -0.497 e. The zero-order valence-corrected chi connectivity index (χ0v) is 19.7. The number of hydrogen-bond donors (Lipinski definition) is 2. The second-order valence-electron chi connectivity index (χ2n) is 6.70. The van der Waals surface area contributed by atoms with Gasteiger partial charge in [0.25, 0.3) is 0 Å². The number of rotatable bonds is 7. The Hall–Kier alpha value is -2.24. The van der Waals surface area contributed by atoms with Gasteiger partial charge in [-0.3, -0.25) is 0 Å². The van der Waals surface area contributed by atoms with Crippen LogP contribution in [-0.2, 0) is 13.6 Å². The summed E-state index contributed by atoms with van der Waals surface area (Å²) in [5, 5.41) is 14.8. The molecule has 0 bridgehead atoms. The van der Waals surface area contributed by atoms with Crippen molar-refractivity contribution in [1.82, 2.24) is 25.4 Å². The van der Waals surface area contributed by atoms with Crippen molar-refractivity contribution in [2.45, 2.75) is 25.9 Å². The molecule has 1 aromatic heterocycles. The third kappa shape index (κ3) is 6.12. The van der Waals surface area contributed by atoms with Crippen molar-refractivity contribution in [3.63, 3.8) is 0 Å². The second kappa shape index (κ2) is 11.1. The maximum atomic E-state index is 5.39. The van der Waals surface area contributed by atoms with Crippen LogP contribution >= 0.6 is 24.0 Å². The fraction of sp³-hybridized carbons (Fsp3) is 0.526. The third-order valence-electron chi connectivity index (χ3n) is 4.76. The van der Waals surface area contributed by atoms with Crippen LogP contribution in [0.1, 0.15) is 19.2 Å². The smallest absolute Gasteiger partial charge is 0.191 e. The molecule has 2 aromatic rings. The summed E-state index contributed by atoms with van der Waals surface area (Å²) in [6, 6.07) is 6.27. The maximum Gasteiger partial charge on any atom is 0.191 e. The van der Waals surface area contributed by atoms with E-state index in [1.54, 1.807) is 20.5 Å². The molecule has 1 aliphatic rings. The molecule has 1 aliphatic heterocycles. The Bertz CT molecular complexity index is 789. The first-order valence-electron chi connectivity index (χ1n) is 9.48. The number of halogens is 1. The van der Waals surface area contributed by atoms with Gasteiger partial charge in [0.05, 0.1) is 14.2 Å². The first-order chi connectivity index (χ1) is 13.6. The predicted octanol–water partition coefficient (Wildman–Crippen LogP) is 1.78. The Morgan fingerprint density at radius 2 is 1.97 bits per heavy atom. The normalized spacial score (nSPS) is 16.3. The van der Waals surface area contributed by atoms with Crippen LogP contribution in [-0.4, -0.2) is 60.6 Å². The van der Waals surface area contributed by atoms with Crippen molar-refractivity contribution in [2.24, 2.45) is 12.0 Å². The fourth-order valence-electron chi connectivity index (χ4n) is 3.20. The van der Waals surface area contributed by atoms with Crippen LogP contribution < -0.4 is 25.0 Å². The lowest BCUT2D eigenvalue weighted by Crippen LogP contribution is -2.44. The molecule has 0 radical (unpaired) electrons. The SMILES string of the molecule is CCNC(=NCc1nncn1C)NC1CCN(c2cc(OC)cc(OC)c2)C1.I. The highest BCUT2D eigenvalue weighted by atomic mass is 127. The van der Waals surface area contributed by atoms with Crippen LogP contribution in [0.2, 0.25) is 0 Å². The van der Waals surface area contributed by atoms with Gasteiger partial charge in [-0.25, -0.2) is 4.99 Å². The molecule has 10 heteroatoms. The highest BCUT2D eigenvalue weighted by Crippen LogP contribution is 2.30. The standard InChI is InChI=1S/C19H29N7O2.HI/c1-5-20-19(21-11-18-24-22-13-25(18)2)23-14-6-7-26(12-14)15-8-16(27-3)10-17(9-15)28-4;/h8-10,13-14H,5-7,11-12H2,1-4H3,(H2,20,21,23);1H. The summed E-state index contributed by atoms with van der Waals surface area (Å²) in [4.78, 5) is 6.97. The zero-order valence-electron chi connectivity index (χ0n) is 17.4. The van der Waals surface area contributed by atoms with Gasteiger partial charge in [-0.05, 0) is 13.3 Å². The number of methoxy groups -OCH3 is 2. The van der Waals surface area contributed by atoms with E-state index in [2.05, 4.69) is 37.6 Å². The van der Waals surface area contributed by atoms with Crippen LogP contribution in [0.25, 0.3) is 0 Å². The Balaban J connectivity index is 0.00000300. The van der Waals surface area contributed by atoms with Crippen LogP contribution in [0.3, 0.4) is 0 Å². The van der Waals surface area contributed by atoms with E-state index in [1.807, 2.05) is 29.8 Å². The fourth-order valence-corrected chi connectivity index (χ4v) is 3.20. The van der Waals surface area contributed by atoms with Gasteiger partial charge in [-0.15, -0.1) is 34.2 Å². The van der Waals surface area contributed by atoms with Crippen LogP contribution in [0.4, 0.5) is 5.69 Å². The van der Waals surface area contributed by atoms with Crippen molar-refractivity contribution >= 4 is 35.6 Å². The molecule has 9 nitrogen and oxygen atoms in total. The Morgan fingerprint density at radius 1 is 1.24 bits per heavy atom. The number of ether oxygens (including phenoxy) is 2. The highest BCUT2D eigenvalue weighted by molar-refractivity contribution is 14.0. The number of aryl methyl sites for hydroxylation is 1. The molecule has 29 heavy (non-hydrogen) atoms. The molecule has 1 saturated heterocycles. The van der Waals surface area contributed by atoms with Crippen molar-refractivity contribution in [2.75, 3.05) is 38.8 Å². The quantitative estimate of drug-likeness (QED) is 0.330. The van der Waals surface area contributed by atoms with Gasteiger partial charge in [-0.2, -0.15) is 0 Å². The van der Waals surface area contributed by atoms with E-state index in [0.29, 0.717) is 12.6 Å². The number of nitrogens with one attached hydrogen (secondary N) is 2. The number of nitrogens with zero attached hydrogens (tertiary/aromatic N) is 5. The maximum absolute atomic E-state index is 5.39. The summed E-state index contributed by atoms with van der Waals surface area (Å²) in [5.74, 6) is 3.21. The molecule has 2 heterocycles. The Morgan fingerprint density at radius 3 is 2.55 bits per heavy atom. The van der Waals surface area contributed by atoms with E-state index in [1.165, 1.54) is 0 Å².